The van der Waals surface area contributed by atoms with Crippen molar-refractivity contribution in [1.29, 1.82) is 0 Å². The molecule has 20 heavy (non-hydrogen) atoms. The molecule has 0 aliphatic heterocycles. The van der Waals surface area contributed by atoms with Crippen LogP contribution >= 0.6 is 12.2 Å². The number of hydrogen-bond donors (Lipinski definition) is 2. The Morgan fingerprint density at radius 2 is 1.80 bits per heavy atom. The zero-order valence-electron chi connectivity index (χ0n) is 9.98. The third-order valence-corrected chi connectivity index (χ3v) is 2.42. The van der Waals surface area contributed by atoms with E-state index in [4.69, 9.17) is 5.73 Å². The maximum absolute atomic E-state index is 12.8. The number of hydrogen-bond acceptors (Lipinski definition) is 3. The van der Waals surface area contributed by atoms with Gasteiger partial charge in [-0.15, -0.1) is 0 Å². The Bertz CT molecular complexity index is 628. The molecule has 1 aromatic heterocycles. The van der Waals surface area contributed by atoms with Gasteiger partial charge in [0.15, 0.2) is 10.8 Å². The van der Waals surface area contributed by atoms with E-state index in [9.17, 15) is 13.2 Å². The fourth-order valence-corrected chi connectivity index (χ4v) is 1.61. The maximum atomic E-state index is 12.8. The minimum atomic E-state index is -4.58. The van der Waals surface area contributed by atoms with Gasteiger partial charge in [-0.25, -0.2) is 9.97 Å². The Kier molecular flexibility index (Phi) is 3.84. The van der Waals surface area contributed by atoms with Crippen molar-refractivity contribution in [3.05, 3.63) is 42.1 Å². The Morgan fingerprint density at radius 1 is 1.15 bits per heavy atom. The molecule has 0 spiro atoms. The zero-order valence-corrected chi connectivity index (χ0v) is 10.8. The lowest BCUT2D eigenvalue weighted by Gasteiger charge is -2.11. The zero-order chi connectivity index (χ0) is 14.8. The van der Waals surface area contributed by atoms with Gasteiger partial charge in [-0.2, -0.15) is 13.2 Å². The number of nitrogens with zero attached hydrogens (tertiary/aromatic N) is 2. The molecule has 1 aromatic carbocycles. The summed E-state index contributed by atoms with van der Waals surface area (Å²) < 4.78 is 38.5. The summed E-state index contributed by atoms with van der Waals surface area (Å²) in [6, 6.07) is 9.32. The molecule has 0 amide bonds. The molecule has 0 aliphatic rings. The van der Waals surface area contributed by atoms with Crippen molar-refractivity contribution in [2.24, 2.45) is 5.73 Å². The molecule has 0 saturated carbocycles. The highest BCUT2D eigenvalue weighted by Gasteiger charge is 2.33. The summed E-state index contributed by atoms with van der Waals surface area (Å²) in [6.07, 6.45) is -4.58. The van der Waals surface area contributed by atoms with Crippen LogP contribution in [0, 0.1) is 0 Å². The second-order valence-corrected chi connectivity index (χ2v) is 4.25. The van der Waals surface area contributed by atoms with Crippen LogP contribution in [0.25, 0.3) is 11.3 Å². The van der Waals surface area contributed by atoms with Crippen molar-refractivity contribution in [2.45, 2.75) is 6.18 Å². The molecule has 8 heteroatoms. The normalized spacial score (nSPS) is 11.2. The number of thiocarbonyl (C=S) groups is 1. The summed E-state index contributed by atoms with van der Waals surface area (Å²) in [7, 11) is 0. The second-order valence-electron chi connectivity index (χ2n) is 3.82. The molecular formula is C12H9F3N4S. The van der Waals surface area contributed by atoms with Gasteiger partial charge in [0, 0.05) is 5.56 Å². The highest BCUT2D eigenvalue weighted by molar-refractivity contribution is 7.80. The van der Waals surface area contributed by atoms with Gasteiger partial charge in [-0.05, 0) is 18.3 Å². The fraction of sp³-hybridized carbons (Fsp3) is 0.0833. The quantitative estimate of drug-likeness (QED) is 0.835. The van der Waals surface area contributed by atoms with E-state index < -0.39 is 11.9 Å². The Hall–Kier alpha value is -2.22. The predicted molar refractivity (Wildman–Crippen MR) is 72.9 cm³/mol. The lowest BCUT2D eigenvalue weighted by atomic mass is 10.1. The standard InChI is InChI=1S/C12H9F3N4S/c13-12(14,15)9-6-8(7-4-2-1-3-5-7)17-11(18-9)19-10(16)20/h1-6H,(H3,16,17,18,19,20). The van der Waals surface area contributed by atoms with Gasteiger partial charge in [0.25, 0.3) is 0 Å². The molecule has 4 nitrogen and oxygen atoms in total. The Balaban J connectivity index is 2.54. The van der Waals surface area contributed by atoms with Crippen LogP contribution in [0.5, 0.6) is 0 Å². The number of anilines is 1. The maximum Gasteiger partial charge on any atom is 0.433 e. The van der Waals surface area contributed by atoms with Gasteiger partial charge in [0.1, 0.15) is 0 Å². The van der Waals surface area contributed by atoms with Crippen molar-refractivity contribution in [3.63, 3.8) is 0 Å². The molecule has 2 rings (SSSR count). The molecule has 3 N–H and O–H groups in total. The number of nitrogens with one attached hydrogen (secondary N) is 1. The molecule has 2 aromatic rings. The average Bonchev–Trinajstić information content (AvgIpc) is 2.37. The number of alkyl halides is 3. The first kappa shape index (κ1) is 14.2. The van der Waals surface area contributed by atoms with E-state index >= 15 is 0 Å². The summed E-state index contributed by atoms with van der Waals surface area (Å²) >= 11 is 4.58. The van der Waals surface area contributed by atoms with Crippen molar-refractivity contribution in [3.8, 4) is 11.3 Å². The van der Waals surface area contributed by atoms with E-state index in [2.05, 4.69) is 27.5 Å². The van der Waals surface area contributed by atoms with Gasteiger partial charge in [0.2, 0.25) is 5.95 Å². The summed E-state index contributed by atoms with van der Waals surface area (Å²) in [5, 5.41) is 2.11. The van der Waals surface area contributed by atoms with E-state index in [1.165, 1.54) is 0 Å². The summed E-state index contributed by atoms with van der Waals surface area (Å²) in [5.74, 6) is -0.286. The van der Waals surface area contributed by atoms with E-state index in [0.717, 1.165) is 6.07 Å². The van der Waals surface area contributed by atoms with Crippen LogP contribution in [0.15, 0.2) is 36.4 Å². The van der Waals surface area contributed by atoms with Gasteiger partial charge < -0.3 is 11.1 Å². The number of nitrogens with two attached hydrogens (primary N) is 1. The number of aromatic nitrogens is 2. The first-order valence-corrected chi connectivity index (χ1v) is 5.85. The SMILES string of the molecule is NC(=S)Nc1nc(-c2ccccc2)cc(C(F)(F)F)n1. The molecule has 0 fully saturated rings. The Labute approximate surface area is 117 Å². The van der Waals surface area contributed by atoms with Crippen molar-refractivity contribution in [2.75, 3.05) is 5.32 Å². The topological polar surface area (TPSA) is 63.8 Å². The summed E-state index contributed by atoms with van der Waals surface area (Å²) in [4.78, 5) is 7.32. The third-order valence-electron chi connectivity index (χ3n) is 2.32. The summed E-state index contributed by atoms with van der Waals surface area (Å²) in [6.45, 7) is 0. The van der Waals surface area contributed by atoms with E-state index in [1.54, 1.807) is 30.3 Å². The summed E-state index contributed by atoms with van der Waals surface area (Å²) in [5.41, 5.74) is 4.83. The van der Waals surface area contributed by atoms with Gasteiger partial charge >= 0.3 is 6.18 Å². The van der Waals surface area contributed by atoms with E-state index in [0.29, 0.717) is 5.56 Å². The minimum absolute atomic E-state index is 0.131. The molecule has 104 valence electrons. The largest absolute Gasteiger partial charge is 0.433 e. The van der Waals surface area contributed by atoms with Gasteiger partial charge in [0.05, 0.1) is 5.69 Å². The molecule has 0 saturated heterocycles. The first-order chi connectivity index (χ1) is 9.36. The number of rotatable bonds is 2. The average molecular weight is 298 g/mol. The number of halogens is 3. The van der Waals surface area contributed by atoms with Crippen molar-refractivity contribution < 1.29 is 13.2 Å². The predicted octanol–water partition coefficient (Wildman–Crippen LogP) is 2.82. The third kappa shape index (κ3) is 3.41. The van der Waals surface area contributed by atoms with Crippen molar-refractivity contribution in [1.82, 2.24) is 9.97 Å². The Morgan fingerprint density at radius 3 is 2.35 bits per heavy atom. The smallest absolute Gasteiger partial charge is 0.376 e. The molecule has 0 unspecified atom stereocenters. The molecule has 0 radical (unpaired) electrons. The van der Waals surface area contributed by atoms with Crippen LogP contribution in [-0.2, 0) is 6.18 Å². The van der Waals surface area contributed by atoms with Crippen molar-refractivity contribution >= 4 is 23.3 Å². The van der Waals surface area contributed by atoms with E-state index in [-0.39, 0.29) is 16.8 Å². The lowest BCUT2D eigenvalue weighted by molar-refractivity contribution is -0.141. The van der Waals surface area contributed by atoms with Crippen LogP contribution in [0.3, 0.4) is 0 Å². The van der Waals surface area contributed by atoms with Crippen LogP contribution in [0.2, 0.25) is 0 Å². The van der Waals surface area contributed by atoms with Crippen LogP contribution in [-0.4, -0.2) is 15.1 Å². The molecule has 1 heterocycles. The lowest BCUT2D eigenvalue weighted by Crippen LogP contribution is -2.22. The first-order valence-electron chi connectivity index (χ1n) is 5.44. The fourth-order valence-electron chi connectivity index (χ4n) is 1.52. The minimum Gasteiger partial charge on any atom is -0.376 e. The number of benzene rings is 1. The van der Waals surface area contributed by atoms with Gasteiger partial charge in [-0.3, -0.25) is 0 Å². The van der Waals surface area contributed by atoms with Crippen LogP contribution in [0.1, 0.15) is 5.69 Å². The van der Waals surface area contributed by atoms with Crippen LogP contribution < -0.4 is 11.1 Å². The molecule has 0 aliphatic carbocycles. The van der Waals surface area contributed by atoms with Crippen LogP contribution in [0.4, 0.5) is 19.1 Å². The monoisotopic (exact) mass is 298 g/mol. The highest BCUT2D eigenvalue weighted by atomic mass is 32.1. The molecular weight excluding hydrogens is 289 g/mol. The second kappa shape index (κ2) is 5.41. The molecule has 0 bridgehead atoms. The molecule has 0 atom stereocenters. The highest BCUT2D eigenvalue weighted by Crippen LogP contribution is 2.30. The van der Waals surface area contributed by atoms with Gasteiger partial charge in [-0.1, -0.05) is 30.3 Å². The van der Waals surface area contributed by atoms with E-state index in [1.807, 2.05) is 0 Å².